The molecule has 0 unspecified atom stereocenters. The van der Waals surface area contributed by atoms with E-state index in [1.165, 1.54) is 17.4 Å². The minimum absolute atomic E-state index is 0.204. The first-order chi connectivity index (χ1) is 11.3. The summed E-state index contributed by atoms with van der Waals surface area (Å²) < 4.78 is 5.20. The highest BCUT2D eigenvalue weighted by Gasteiger charge is 2.15. The normalized spacial score (nSPS) is 12.3. The van der Waals surface area contributed by atoms with E-state index in [0.717, 1.165) is 16.5 Å². The first-order valence-corrected chi connectivity index (χ1v) is 8.30. The van der Waals surface area contributed by atoms with Crippen molar-refractivity contribution in [1.82, 2.24) is 4.98 Å². The van der Waals surface area contributed by atoms with Gasteiger partial charge < -0.3 is 15.5 Å². The second-order valence-corrected chi connectivity index (χ2v) is 6.62. The summed E-state index contributed by atoms with van der Waals surface area (Å²) in [6.07, 6.45) is 0. The maximum Gasteiger partial charge on any atom is 0.336 e. The van der Waals surface area contributed by atoms with E-state index in [-0.39, 0.29) is 17.6 Å². The Morgan fingerprint density at radius 3 is 2.71 bits per heavy atom. The molecule has 6 nitrogen and oxygen atoms in total. The zero-order chi connectivity index (χ0) is 17.4. The molecule has 0 fully saturated rings. The van der Waals surface area contributed by atoms with Crippen LogP contribution in [-0.2, 0) is 0 Å². The van der Waals surface area contributed by atoms with Gasteiger partial charge in [-0.2, -0.15) is 0 Å². The summed E-state index contributed by atoms with van der Waals surface area (Å²) >= 11 is 1.36. The number of aromatic nitrogens is 1. The Morgan fingerprint density at radius 1 is 1.29 bits per heavy atom. The quantitative estimate of drug-likeness (QED) is 0.712. The number of amides is 1. The molecule has 0 aliphatic carbocycles. The zero-order valence-corrected chi connectivity index (χ0v) is 14.4. The molecule has 0 aliphatic heterocycles. The van der Waals surface area contributed by atoms with Gasteiger partial charge in [0.2, 0.25) is 0 Å². The smallest absolute Gasteiger partial charge is 0.336 e. The Balaban J connectivity index is 1.95. The number of hydrogen-bond acceptors (Lipinski definition) is 6. The molecular formula is C17H17N3O3S. The number of aryl methyl sites for hydroxylation is 2. The van der Waals surface area contributed by atoms with Crippen molar-refractivity contribution in [3.05, 3.63) is 55.8 Å². The van der Waals surface area contributed by atoms with Crippen LogP contribution in [0, 0.1) is 13.8 Å². The Hall–Kier alpha value is -2.51. The van der Waals surface area contributed by atoms with Gasteiger partial charge in [0, 0.05) is 22.5 Å². The number of rotatable bonds is 3. The summed E-state index contributed by atoms with van der Waals surface area (Å²) in [6, 6.07) is 4.77. The second kappa shape index (κ2) is 6.18. The van der Waals surface area contributed by atoms with Gasteiger partial charge in [-0.1, -0.05) is 0 Å². The average molecular weight is 343 g/mol. The number of fused-ring (bicyclic) bond motifs is 1. The molecule has 1 atom stereocenters. The van der Waals surface area contributed by atoms with Crippen molar-refractivity contribution >= 4 is 33.9 Å². The SMILES string of the molecule is Cc1cc2oc(=O)cc(C)c2cc1NC(=O)c1csc([C@@H](C)N)n1. The van der Waals surface area contributed by atoms with E-state index in [0.29, 0.717) is 22.0 Å². The van der Waals surface area contributed by atoms with E-state index in [2.05, 4.69) is 10.3 Å². The molecule has 2 heterocycles. The van der Waals surface area contributed by atoms with Gasteiger partial charge in [0.15, 0.2) is 0 Å². The lowest BCUT2D eigenvalue weighted by atomic mass is 10.1. The van der Waals surface area contributed by atoms with Gasteiger partial charge in [0.25, 0.3) is 5.91 Å². The van der Waals surface area contributed by atoms with Gasteiger partial charge in [0.05, 0.1) is 6.04 Å². The molecule has 2 aromatic heterocycles. The van der Waals surface area contributed by atoms with Gasteiger partial charge in [-0.25, -0.2) is 9.78 Å². The van der Waals surface area contributed by atoms with E-state index in [1.807, 2.05) is 20.8 Å². The summed E-state index contributed by atoms with van der Waals surface area (Å²) in [5.41, 5.74) is 8.47. The Bertz CT molecular complexity index is 988. The van der Waals surface area contributed by atoms with Crippen LogP contribution >= 0.6 is 11.3 Å². The molecule has 0 aliphatic rings. The Kier molecular flexibility index (Phi) is 4.21. The number of carbonyl (C=O) groups is 1. The van der Waals surface area contributed by atoms with Gasteiger partial charge >= 0.3 is 5.63 Å². The lowest BCUT2D eigenvalue weighted by Gasteiger charge is -2.10. The van der Waals surface area contributed by atoms with Gasteiger partial charge in [0.1, 0.15) is 16.3 Å². The minimum atomic E-state index is -0.387. The Morgan fingerprint density at radius 2 is 2.04 bits per heavy atom. The number of nitrogens with two attached hydrogens (primary N) is 1. The van der Waals surface area contributed by atoms with Crippen molar-refractivity contribution in [2.75, 3.05) is 5.32 Å². The van der Waals surface area contributed by atoms with E-state index in [1.54, 1.807) is 17.5 Å². The van der Waals surface area contributed by atoms with Crippen LogP contribution in [0.15, 0.2) is 32.8 Å². The molecule has 1 aromatic carbocycles. The van der Waals surface area contributed by atoms with Crippen molar-refractivity contribution in [3.63, 3.8) is 0 Å². The maximum absolute atomic E-state index is 12.4. The third kappa shape index (κ3) is 3.08. The van der Waals surface area contributed by atoms with E-state index in [4.69, 9.17) is 10.2 Å². The number of benzene rings is 1. The molecule has 0 saturated heterocycles. The summed E-state index contributed by atoms with van der Waals surface area (Å²) in [6.45, 7) is 5.49. The maximum atomic E-state index is 12.4. The molecule has 124 valence electrons. The standard InChI is InChI=1S/C17H17N3O3S/c1-8-5-15(21)23-14-4-9(2)12(6-11(8)14)19-16(22)13-7-24-17(20-13)10(3)18/h4-7,10H,18H2,1-3H3,(H,19,22)/t10-/m1/s1. The van der Waals surface area contributed by atoms with Crippen LogP contribution in [0.2, 0.25) is 0 Å². The predicted molar refractivity (Wildman–Crippen MR) is 94.6 cm³/mol. The summed E-state index contributed by atoms with van der Waals surface area (Å²) in [5.74, 6) is -0.296. The van der Waals surface area contributed by atoms with Crippen molar-refractivity contribution in [1.29, 1.82) is 0 Å². The van der Waals surface area contributed by atoms with Crippen LogP contribution in [0.4, 0.5) is 5.69 Å². The highest BCUT2D eigenvalue weighted by atomic mass is 32.1. The third-order valence-corrected chi connectivity index (χ3v) is 4.73. The van der Waals surface area contributed by atoms with Crippen LogP contribution in [0.25, 0.3) is 11.0 Å². The molecule has 0 radical (unpaired) electrons. The van der Waals surface area contributed by atoms with E-state index >= 15 is 0 Å². The van der Waals surface area contributed by atoms with Crippen LogP contribution in [0.3, 0.4) is 0 Å². The number of hydrogen-bond donors (Lipinski definition) is 2. The third-order valence-electron chi connectivity index (χ3n) is 3.69. The van der Waals surface area contributed by atoms with Crippen LogP contribution in [0.1, 0.15) is 39.6 Å². The summed E-state index contributed by atoms with van der Waals surface area (Å²) in [4.78, 5) is 28.1. The lowest BCUT2D eigenvalue weighted by molar-refractivity contribution is 0.102. The molecule has 0 saturated carbocycles. The number of nitrogens with one attached hydrogen (secondary N) is 1. The number of nitrogens with zero attached hydrogens (tertiary/aromatic N) is 1. The first kappa shape index (κ1) is 16.4. The molecule has 0 bridgehead atoms. The highest BCUT2D eigenvalue weighted by Crippen LogP contribution is 2.26. The fraction of sp³-hybridized carbons (Fsp3) is 0.235. The van der Waals surface area contributed by atoms with Crippen molar-refractivity contribution in [2.45, 2.75) is 26.8 Å². The van der Waals surface area contributed by atoms with E-state index in [9.17, 15) is 9.59 Å². The van der Waals surface area contributed by atoms with Gasteiger partial charge in [-0.15, -0.1) is 11.3 Å². The molecule has 0 spiro atoms. The van der Waals surface area contributed by atoms with Crippen molar-refractivity contribution in [2.24, 2.45) is 5.73 Å². The molecule has 3 aromatic rings. The molecule has 3 N–H and O–H groups in total. The van der Waals surface area contributed by atoms with Gasteiger partial charge in [-0.05, 0) is 44.0 Å². The molecule has 7 heteroatoms. The zero-order valence-electron chi connectivity index (χ0n) is 13.5. The van der Waals surface area contributed by atoms with Crippen LogP contribution in [0.5, 0.6) is 0 Å². The second-order valence-electron chi connectivity index (χ2n) is 5.73. The average Bonchev–Trinajstić information content (AvgIpc) is 2.98. The first-order valence-electron chi connectivity index (χ1n) is 7.42. The molecule has 3 rings (SSSR count). The summed E-state index contributed by atoms with van der Waals surface area (Å²) in [7, 11) is 0. The topological polar surface area (TPSA) is 98.2 Å². The van der Waals surface area contributed by atoms with Gasteiger partial charge in [-0.3, -0.25) is 4.79 Å². The summed E-state index contributed by atoms with van der Waals surface area (Å²) in [5, 5.41) is 6.04. The molecular weight excluding hydrogens is 326 g/mol. The van der Waals surface area contributed by atoms with E-state index < -0.39 is 0 Å². The monoisotopic (exact) mass is 343 g/mol. The molecule has 24 heavy (non-hydrogen) atoms. The molecule has 1 amide bonds. The predicted octanol–water partition coefficient (Wildman–Crippen LogP) is 3.14. The number of anilines is 1. The Labute approximate surface area is 142 Å². The number of carbonyl (C=O) groups excluding carboxylic acids is 1. The highest BCUT2D eigenvalue weighted by molar-refractivity contribution is 7.09. The van der Waals surface area contributed by atoms with Crippen molar-refractivity contribution in [3.8, 4) is 0 Å². The lowest BCUT2D eigenvalue weighted by Crippen LogP contribution is -2.14. The largest absolute Gasteiger partial charge is 0.423 e. The number of thiazole rings is 1. The van der Waals surface area contributed by atoms with Crippen LogP contribution in [-0.4, -0.2) is 10.9 Å². The minimum Gasteiger partial charge on any atom is -0.423 e. The van der Waals surface area contributed by atoms with Crippen LogP contribution < -0.4 is 16.7 Å². The fourth-order valence-electron chi connectivity index (χ4n) is 2.39. The van der Waals surface area contributed by atoms with Crippen molar-refractivity contribution < 1.29 is 9.21 Å². The fourth-order valence-corrected chi connectivity index (χ4v) is 3.15.